The lowest BCUT2D eigenvalue weighted by molar-refractivity contribution is 0.629. The normalized spacial score (nSPS) is 11.7. The summed E-state index contributed by atoms with van der Waals surface area (Å²) < 4.78 is 0. The standard InChI is InChI=1S/C7H12N2/c1-6(2)9-7(3)4-5-8/h7,9H,1,4H2,2-3H3/t7-/m1/s1. The van der Waals surface area contributed by atoms with E-state index in [9.17, 15) is 0 Å². The molecule has 0 radical (unpaired) electrons. The molecule has 1 atom stereocenters. The molecule has 0 saturated carbocycles. The molecular weight excluding hydrogens is 112 g/mol. The summed E-state index contributed by atoms with van der Waals surface area (Å²) in [6, 6.07) is 2.30. The zero-order chi connectivity index (χ0) is 7.28. The summed E-state index contributed by atoms with van der Waals surface area (Å²) in [4.78, 5) is 0. The van der Waals surface area contributed by atoms with Gasteiger partial charge in [0, 0.05) is 11.7 Å². The number of allylic oxidation sites excluding steroid dienone is 1. The second-order valence-electron chi connectivity index (χ2n) is 2.19. The van der Waals surface area contributed by atoms with Crippen LogP contribution in [0.25, 0.3) is 0 Å². The Balaban J connectivity index is 3.40. The second kappa shape index (κ2) is 3.96. The predicted octanol–water partition coefficient (Wildman–Crippen LogP) is 1.41. The van der Waals surface area contributed by atoms with Gasteiger partial charge in [-0.2, -0.15) is 5.26 Å². The molecule has 0 unspecified atom stereocenters. The Morgan fingerprint density at radius 3 is 2.78 bits per heavy atom. The van der Waals surface area contributed by atoms with Crippen molar-refractivity contribution in [1.29, 1.82) is 5.26 Å². The molecule has 0 aliphatic carbocycles. The molecule has 0 fully saturated rings. The topological polar surface area (TPSA) is 35.8 Å². The van der Waals surface area contributed by atoms with Crippen molar-refractivity contribution in [2.45, 2.75) is 26.3 Å². The van der Waals surface area contributed by atoms with Crippen molar-refractivity contribution in [3.63, 3.8) is 0 Å². The average Bonchev–Trinajstić information content (AvgIpc) is 1.63. The van der Waals surface area contributed by atoms with Gasteiger partial charge in [-0.3, -0.25) is 0 Å². The van der Waals surface area contributed by atoms with Gasteiger partial charge in [0.05, 0.1) is 12.5 Å². The van der Waals surface area contributed by atoms with Crippen LogP contribution < -0.4 is 5.32 Å². The van der Waals surface area contributed by atoms with Crippen LogP contribution >= 0.6 is 0 Å². The highest BCUT2D eigenvalue weighted by Crippen LogP contribution is 1.90. The fraction of sp³-hybridized carbons (Fsp3) is 0.571. The summed E-state index contributed by atoms with van der Waals surface area (Å²) in [6.45, 7) is 7.50. The Morgan fingerprint density at radius 1 is 1.89 bits per heavy atom. The van der Waals surface area contributed by atoms with Crippen LogP contribution in [0.2, 0.25) is 0 Å². The van der Waals surface area contributed by atoms with Crippen LogP contribution in [0.4, 0.5) is 0 Å². The molecule has 2 nitrogen and oxygen atoms in total. The zero-order valence-electron chi connectivity index (χ0n) is 5.94. The second-order valence-corrected chi connectivity index (χ2v) is 2.19. The molecule has 0 rings (SSSR count). The van der Waals surface area contributed by atoms with Gasteiger partial charge >= 0.3 is 0 Å². The van der Waals surface area contributed by atoms with Gasteiger partial charge < -0.3 is 5.32 Å². The third-order valence-corrected chi connectivity index (χ3v) is 0.890. The minimum Gasteiger partial charge on any atom is -0.386 e. The summed E-state index contributed by atoms with van der Waals surface area (Å²) in [5.74, 6) is 0. The fourth-order valence-corrected chi connectivity index (χ4v) is 0.609. The Kier molecular flexibility index (Phi) is 3.54. The van der Waals surface area contributed by atoms with E-state index in [2.05, 4.69) is 18.0 Å². The van der Waals surface area contributed by atoms with Gasteiger partial charge in [-0.05, 0) is 13.8 Å². The fourth-order valence-electron chi connectivity index (χ4n) is 0.609. The summed E-state index contributed by atoms with van der Waals surface area (Å²) >= 11 is 0. The number of hydrogen-bond acceptors (Lipinski definition) is 2. The summed E-state index contributed by atoms with van der Waals surface area (Å²) in [6.07, 6.45) is 0.535. The van der Waals surface area contributed by atoms with E-state index in [1.165, 1.54) is 0 Å². The third kappa shape index (κ3) is 4.89. The largest absolute Gasteiger partial charge is 0.386 e. The first-order valence-electron chi connectivity index (χ1n) is 2.95. The van der Waals surface area contributed by atoms with Crippen LogP contribution in [0.3, 0.4) is 0 Å². The maximum atomic E-state index is 8.23. The molecule has 9 heavy (non-hydrogen) atoms. The zero-order valence-corrected chi connectivity index (χ0v) is 5.94. The highest BCUT2D eigenvalue weighted by molar-refractivity contribution is 4.90. The van der Waals surface area contributed by atoms with Crippen molar-refractivity contribution in [3.05, 3.63) is 12.3 Å². The molecular formula is C7H12N2. The SMILES string of the molecule is C=C(C)N[C@H](C)CC#N. The molecule has 2 heteroatoms. The van der Waals surface area contributed by atoms with E-state index in [1.807, 2.05) is 13.8 Å². The van der Waals surface area contributed by atoms with Crippen LogP contribution in [-0.2, 0) is 0 Å². The molecule has 0 aromatic carbocycles. The molecule has 0 bridgehead atoms. The molecule has 0 aromatic heterocycles. The number of hydrogen-bond donors (Lipinski definition) is 1. The average molecular weight is 124 g/mol. The van der Waals surface area contributed by atoms with Crippen molar-refractivity contribution < 1.29 is 0 Å². The van der Waals surface area contributed by atoms with Crippen LogP contribution in [-0.4, -0.2) is 6.04 Å². The molecule has 50 valence electrons. The first-order valence-corrected chi connectivity index (χ1v) is 2.95. The van der Waals surface area contributed by atoms with Crippen molar-refractivity contribution in [1.82, 2.24) is 5.32 Å². The van der Waals surface area contributed by atoms with Gasteiger partial charge in [0.2, 0.25) is 0 Å². The monoisotopic (exact) mass is 124 g/mol. The minimum absolute atomic E-state index is 0.229. The van der Waals surface area contributed by atoms with E-state index >= 15 is 0 Å². The maximum absolute atomic E-state index is 8.23. The molecule has 0 aliphatic heterocycles. The molecule has 0 spiro atoms. The van der Waals surface area contributed by atoms with Crippen LogP contribution in [0.15, 0.2) is 12.3 Å². The van der Waals surface area contributed by atoms with E-state index in [1.54, 1.807) is 0 Å². The Hall–Kier alpha value is -0.970. The first-order chi connectivity index (χ1) is 4.16. The maximum Gasteiger partial charge on any atom is 0.0643 e. The van der Waals surface area contributed by atoms with Gasteiger partial charge in [-0.15, -0.1) is 0 Å². The van der Waals surface area contributed by atoms with Crippen LogP contribution in [0, 0.1) is 11.3 Å². The van der Waals surface area contributed by atoms with Gasteiger partial charge in [0.15, 0.2) is 0 Å². The summed E-state index contributed by atoms with van der Waals surface area (Å²) in [7, 11) is 0. The van der Waals surface area contributed by atoms with Crippen molar-refractivity contribution in [2.24, 2.45) is 0 Å². The number of nitrogens with one attached hydrogen (secondary N) is 1. The summed E-state index contributed by atoms with van der Waals surface area (Å²) in [5, 5.41) is 11.3. The molecule has 0 heterocycles. The van der Waals surface area contributed by atoms with Crippen LogP contribution in [0.5, 0.6) is 0 Å². The molecule has 0 saturated heterocycles. The minimum atomic E-state index is 0.229. The van der Waals surface area contributed by atoms with Crippen molar-refractivity contribution in [3.8, 4) is 6.07 Å². The predicted molar refractivity (Wildman–Crippen MR) is 37.6 cm³/mol. The van der Waals surface area contributed by atoms with E-state index in [0.29, 0.717) is 6.42 Å². The smallest absolute Gasteiger partial charge is 0.0643 e. The number of nitriles is 1. The number of rotatable bonds is 3. The quantitative estimate of drug-likeness (QED) is 0.617. The Morgan fingerprint density at radius 2 is 2.44 bits per heavy atom. The third-order valence-electron chi connectivity index (χ3n) is 0.890. The van der Waals surface area contributed by atoms with E-state index in [0.717, 1.165) is 5.70 Å². The van der Waals surface area contributed by atoms with E-state index < -0.39 is 0 Å². The molecule has 0 aromatic rings. The van der Waals surface area contributed by atoms with E-state index in [4.69, 9.17) is 5.26 Å². The molecule has 0 aliphatic rings. The number of nitrogens with zero attached hydrogens (tertiary/aromatic N) is 1. The molecule has 1 N–H and O–H groups in total. The lowest BCUT2D eigenvalue weighted by Crippen LogP contribution is -2.22. The van der Waals surface area contributed by atoms with Gasteiger partial charge in [0.25, 0.3) is 0 Å². The van der Waals surface area contributed by atoms with Gasteiger partial charge in [-0.25, -0.2) is 0 Å². The Bertz CT molecular complexity index is 132. The molecule has 0 amide bonds. The highest BCUT2D eigenvalue weighted by Gasteiger charge is 1.96. The van der Waals surface area contributed by atoms with Gasteiger partial charge in [0.1, 0.15) is 0 Å². The van der Waals surface area contributed by atoms with Crippen LogP contribution in [0.1, 0.15) is 20.3 Å². The van der Waals surface area contributed by atoms with Gasteiger partial charge in [-0.1, -0.05) is 6.58 Å². The lowest BCUT2D eigenvalue weighted by Gasteiger charge is -2.09. The first kappa shape index (κ1) is 8.03. The van der Waals surface area contributed by atoms with Crippen molar-refractivity contribution in [2.75, 3.05) is 0 Å². The highest BCUT2D eigenvalue weighted by atomic mass is 14.9. The van der Waals surface area contributed by atoms with E-state index in [-0.39, 0.29) is 6.04 Å². The lowest BCUT2D eigenvalue weighted by atomic mass is 10.2. The summed E-state index contributed by atoms with van der Waals surface area (Å²) in [5.41, 5.74) is 0.915. The van der Waals surface area contributed by atoms with Crippen molar-refractivity contribution >= 4 is 0 Å². The Labute approximate surface area is 56.2 Å².